The quantitative estimate of drug-likeness (QED) is 0.423. The number of nitro groups is 1. The highest BCUT2D eigenvalue weighted by Gasteiger charge is 2.28. The van der Waals surface area contributed by atoms with Gasteiger partial charge in [-0.1, -0.05) is 19.0 Å². The maximum Gasteiger partial charge on any atom is 0.270 e. The largest absolute Gasteiger partial charge is 0.378 e. The van der Waals surface area contributed by atoms with E-state index in [4.69, 9.17) is 9.26 Å². The zero-order chi connectivity index (χ0) is 23.4. The number of hydrogen-bond donors (Lipinski definition) is 1. The Morgan fingerprint density at radius 3 is 2.70 bits per heavy atom. The van der Waals surface area contributed by atoms with Gasteiger partial charge in [0.15, 0.2) is 0 Å². The maximum atomic E-state index is 13.4. The minimum Gasteiger partial charge on any atom is -0.378 e. The van der Waals surface area contributed by atoms with E-state index in [2.05, 4.69) is 20.4 Å². The first-order valence-corrected chi connectivity index (χ1v) is 10.6. The summed E-state index contributed by atoms with van der Waals surface area (Å²) >= 11 is 0. The van der Waals surface area contributed by atoms with Gasteiger partial charge in [0.25, 0.3) is 11.6 Å². The Kier molecular flexibility index (Phi) is 6.59. The minimum atomic E-state index is -0.591. The molecule has 1 aliphatic rings. The molecule has 1 aromatic carbocycles. The van der Waals surface area contributed by atoms with Crippen molar-refractivity contribution in [2.75, 3.05) is 31.2 Å². The van der Waals surface area contributed by atoms with Gasteiger partial charge in [0.05, 0.1) is 29.4 Å². The molecule has 1 atom stereocenters. The topological polar surface area (TPSA) is 137 Å². The van der Waals surface area contributed by atoms with Crippen LogP contribution in [0.25, 0.3) is 11.4 Å². The second kappa shape index (κ2) is 9.74. The summed E-state index contributed by atoms with van der Waals surface area (Å²) in [6.45, 7) is 6.04. The number of amides is 1. The molecule has 0 spiro atoms. The molecule has 1 unspecified atom stereocenters. The van der Waals surface area contributed by atoms with Crippen molar-refractivity contribution >= 4 is 17.3 Å². The Morgan fingerprint density at radius 2 is 2.03 bits per heavy atom. The van der Waals surface area contributed by atoms with Gasteiger partial charge in [0, 0.05) is 43.2 Å². The molecule has 0 bridgehead atoms. The smallest absolute Gasteiger partial charge is 0.270 e. The summed E-state index contributed by atoms with van der Waals surface area (Å²) < 4.78 is 10.8. The molecule has 0 radical (unpaired) electrons. The number of non-ortho nitro benzene ring substituents is 1. The number of ether oxygens (including phenoxy) is 1. The molecule has 33 heavy (non-hydrogen) atoms. The van der Waals surface area contributed by atoms with Crippen LogP contribution < -0.4 is 10.2 Å². The standard InChI is InChI=1S/C22H24N6O5/c1-14(2)19(22-25-20(26-33-22)15-4-3-7-23-13-15)24-21(29)17-12-16(28(30)31)5-6-18(17)27-8-10-32-11-9-27/h3-7,12-14,19H,8-11H2,1-2H3,(H,24,29). The number of carbonyl (C=O) groups is 1. The first kappa shape index (κ1) is 22.3. The van der Waals surface area contributed by atoms with Gasteiger partial charge in [-0.25, -0.2) is 0 Å². The third kappa shape index (κ3) is 4.98. The van der Waals surface area contributed by atoms with E-state index in [1.54, 1.807) is 24.5 Å². The summed E-state index contributed by atoms with van der Waals surface area (Å²) in [7, 11) is 0. The van der Waals surface area contributed by atoms with Crippen LogP contribution >= 0.6 is 0 Å². The van der Waals surface area contributed by atoms with Crippen LogP contribution in [0.4, 0.5) is 11.4 Å². The van der Waals surface area contributed by atoms with Crippen LogP contribution in [-0.4, -0.2) is 52.3 Å². The van der Waals surface area contributed by atoms with Crippen molar-refractivity contribution in [3.05, 3.63) is 64.3 Å². The number of nitro benzene ring substituents is 1. The molecule has 1 amide bonds. The number of nitrogens with one attached hydrogen (secondary N) is 1. The molecule has 1 fully saturated rings. The van der Waals surface area contributed by atoms with Crippen molar-refractivity contribution < 1.29 is 19.0 Å². The highest BCUT2D eigenvalue weighted by atomic mass is 16.6. The molecule has 0 aliphatic carbocycles. The number of rotatable bonds is 7. The summed E-state index contributed by atoms with van der Waals surface area (Å²) in [5.74, 6) is 0.0691. The van der Waals surface area contributed by atoms with Gasteiger partial charge in [0.1, 0.15) is 6.04 Å². The molecular weight excluding hydrogens is 428 g/mol. The fourth-order valence-electron chi connectivity index (χ4n) is 3.61. The fraction of sp³-hybridized carbons (Fsp3) is 0.364. The number of benzene rings is 1. The molecule has 3 aromatic rings. The zero-order valence-electron chi connectivity index (χ0n) is 18.3. The van der Waals surface area contributed by atoms with E-state index in [1.165, 1.54) is 12.1 Å². The Hall–Kier alpha value is -3.86. The molecular formula is C22H24N6O5. The number of anilines is 1. The van der Waals surface area contributed by atoms with E-state index < -0.39 is 16.9 Å². The van der Waals surface area contributed by atoms with Gasteiger partial charge < -0.3 is 19.5 Å². The third-order valence-electron chi connectivity index (χ3n) is 5.37. The van der Waals surface area contributed by atoms with Gasteiger partial charge in [-0.3, -0.25) is 19.9 Å². The predicted molar refractivity (Wildman–Crippen MR) is 119 cm³/mol. The number of hydrogen-bond acceptors (Lipinski definition) is 9. The van der Waals surface area contributed by atoms with E-state index in [0.29, 0.717) is 43.4 Å². The van der Waals surface area contributed by atoms with Gasteiger partial charge in [-0.15, -0.1) is 0 Å². The zero-order valence-corrected chi connectivity index (χ0v) is 18.3. The number of carbonyl (C=O) groups excluding carboxylic acids is 1. The summed E-state index contributed by atoms with van der Waals surface area (Å²) in [5.41, 5.74) is 1.36. The molecule has 3 heterocycles. The summed E-state index contributed by atoms with van der Waals surface area (Å²) in [6, 6.07) is 7.29. The van der Waals surface area contributed by atoms with Crippen molar-refractivity contribution in [1.29, 1.82) is 0 Å². The molecule has 4 rings (SSSR count). The second-order valence-corrected chi connectivity index (χ2v) is 7.95. The van der Waals surface area contributed by atoms with Gasteiger partial charge in [-0.2, -0.15) is 4.98 Å². The molecule has 1 aliphatic heterocycles. The normalized spacial score (nSPS) is 14.8. The lowest BCUT2D eigenvalue weighted by Gasteiger charge is -2.30. The molecule has 1 N–H and O–H groups in total. The van der Waals surface area contributed by atoms with Crippen molar-refractivity contribution in [2.45, 2.75) is 19.9 Å². The van der Waals surface area contributed by atoms with Crippen molar-refractivity contribution in [3.8, 4) is 11.4 Å². The van der Waals surface area contributed by atoms with E-state index >= 15 is 0 Å². The van der Waals surface area contributed by atoms with Crippen LogP contribution in [0.1, 0.15) is 36.1 Å². The summed E-state index contributed by atoms with van der Waals surface area (Å²) in [5, 5.41) is 18.3. The van der Waals surface area contributed by atoms with Crippen molar-refractivity contribution in [2.24, 2.45) is 5.92 Å². The summed E-state index contributed by atoms with van der Waals surface area (Å²) in [6.07, 6.45) is 3.27. The average Bonchev–Trinajstić information content (AvgIpc) is 3.33. The minimum absolute atomic E-state index is 0.0818. The van der Waals surface area contributed by atoms with Crippen LogP contribution in [0.3, 0.4) is 0 Å². The Labute approximate surface area is 189 Å². The monoisotopic (exact) mass is 452 g/mol. The number of morpholine rings is 1. The Morgan fingerprint density at radius 1 is 1.24 bits per heavy atom. The molecule has 172 valence electrons. The van der Waals surface area contributed by atoms with Gasteiger partial charge in [0.2, 0.25) is 11.7 Å². The average molecular weight is 452 g/mol. The lowest BCUT2D eigenvalue weighted by molar-refractivity contribution is -0.384. The number of nitrogens with zero attached hydrogens (tertiary/aromatic N) is 5. The van der Waals surface area contributed by atoms with E-state index in [-0.39, 0.29) is 23.1 Å². The van der Waals surface area contributed by atoms with Crippen LogP contribution in [0.5, 0.6) is 0 Å². The predicted octanol–water partition coefficient (Wildman–Crippen LogP) is 3.00. The van der Waals surface area contributed by atoms with E-state index in [0.717, 1.165) is 0 Å². The molecule has 1 saturated heterocycles. The first-order chi connectivity index (χ1) is 15.9. The van der Waals surface area contributed by atoms with Crippen molar-refractivity contribution in [3.63, 3.8) is 0 Å². The lowest BCUT2D eigenvalue weighted by Crippen LogP contribution is -2.38. The number of pyridine rings is 1. The van der Waals surface area contributed by atoms with Gasteiger partial charge >= 0.3 is 0 Å². The van der Waals surface area contributed by atoms with Gasteiger partial charge in [-0.05, 0) is 24.1 Å². The molecule has 11 nitrogen and oxygen atoms in total. The maximum absolute atomic E-state index is 13.4. The highest BCUT2D eigenvalue weighted by Crippen LogP contribution is 2.29. The fourth-order valence-corrected chi connectivity index (χ4v) is 3.61. The molecule has 11 heteroatoms. The van der Waals surface area contributed by atoms with Crippen LogP contribution in [0.2, 0.25) is 0 Å². The third-order valence-corrected chi connectivity index (χ3v) is 5.37. The van der Waals surface area contributed by atoms with Crippen molar-refractivity contribution in [1.82, 2.24) is 20.4 Å². The first-order valence-electron chi connectivity index (χ1n) is 10.6. The number of aromatic nitrogens is 3. The molecule has 0 saturated carbocycles. The second-order valence-electron chi connectivity index (χ2n) is 7.95. The van der Waals surface area contributed by atoms with E-state index in [9.17, 15) is 14.9 Å². The summed E-state index contributed by atoms with van der Waals surface area (Å²) in [4.78, 5) is 34.7. The Bertz CT molecular complexity index is 1130. The molecule has 2 aromatic heterocycles. The van der Waals surface area contributed by atoms with Crippen LogP contribution in [0.15, 0.2) is 47.2 Å². The Balaban J connectivity index is 1.63. The van der Waals surface area contributed by atoms with E-state index in [1.807, 2.05) is 24.8 Å². The SMILES string of the molecule is CC(C)C(NC(=O)c1cc([N+](=O)[O-])ccc1N1CCOCC1)c1nc(-c2cccnc2)no1. The van der Waals surface area contributed by atoms with Crippen LogP contribution in [0, 0.1) is 16.0 Å². The van der Waals surface area contributed by atoms with Crippen LogP contribution in [-0.2, 0) is 4.74 Å². The lowest BCUT2D eigenvalue weighted by atomic mass is 10.0. The highest BCUT2D eigenvalue weighted by molar-refractivity contribution is 6.00.